The van der Waals surface area contributed by atoms with Gasteiger partial charge in [0.05, 0.1) is 5.60 Å². The molecule has 3 heteroatoms. The Labute approximate surface area is 88.4 Å². The average molecular weight is 206 g/mol. The van der Waals surface area contributed by atoms with Gasteiger partial charge in [0.25, 0.3) is 0 Å². The van der Waals surface area contributed by atoms with Crippen LogP contribution in [0.15, 0.2) is 30.3 Å². The van der Waals surface area contributed by atoms with Crippen LogP contribution >= 0.6 is 0 Å². The van der Waals surface area contributed by atoms with E-state index in [9.17, 15) is 9.90 Å². The van der Waals surface area contributed by atoms with E-state index in [1.54, 1.807) is 24.3 Å². The Morgan fingerprint density at radius 3 is 2.27 bits per heavy atom. The molecule has 0 aliphatic heterocycles. The second-order valence-electron chi connectivity index (χ2n) is 4.14. The standard InChI is InChI=1S/C12H14O3/c13-11(14)10(12(15)7-4-8-12)9-5-2-1-3-6-9/h1-3,5-6,10,15H,4,7-8H2,(H,13,14). The predicted molar refractivity (Wildman–Crippen MR) is 55.6 cm³/mol. The van der Waals surface area contributed by atoms with Crippen molar-refractivity contribution in [2.75, 3.05) is 0 Å². The van der Waals surface area contributed by atoms with Crippen molar-refractivity contribution in [1.29, 1.82) is 0 Å². The Morgan fingerprint density at radius 1 is 1.27 bits per heavy atom. The first-order chi connectivity index (χ1) is 7.13. The summed E-state index contributed by atoms with van der Waals surface area (Å²) < 4.78 is 0. The Bertz CT molecular complexity index is 354. The van der Waals surface area contributed by atoms with Crippen LogP contribution in [0.1, 0.15) is 30.7 Å². The molecule has 0 bridgehead atoms. The molecule has 1 aromatic carbocycles. The number of hydrogen-bond acceptors (Lipinski definition) is 2. The molecule has 1 aliphatic rings. The van der Waals surface area contributed by atoms with Crippen LogP contribution < -0.4 is 0 Å². The third kappa shape index (κ3) is 1.75. The lowest BCUT2D eigenvalue weighted by molar-refractivity contribution is -0.151. The zero-order chi connectivity index (χ0) is 10.9. The van der Waals surface area contributed by atoms with E-state index in [1.165, 1.54) is 0 Å². The van der Waals surface area contributed by atoms with Crippen molar-refractivity contribution in [3.63, 3.8) is 0 Å². The van der Waals surface area contributed by atoms with Gasteiger partial charge in [-0.2, -0.15) is 0 Å². The van der Waals surface area contributed by atoms with Gasteiger partial charge in [-0.05, 0) is 24.8 Å². The van der Waals surface area contributed by atoms with Crippen LogP contribution in [0.3, 0.4) is 0 Å². The topological polar surface area (TPSA) is 57.5 Å². The lowest BCUT2D eigenvalue weighted by atomic mass is 9.69. The number of hydrogen-bond donors (Lipinski definition) is 2. The molecule has 1 atom stereocenters. The molecular formula is C12H14O3. The molecule has 0 radical (unpaired) electrons. The minimum Gasteiger partial charge on any atom is -0.481 e. The molecule has 0 saturated heterocycles. The summed E-state index contributed by atoms with van der Waals surface area (Å²) in [6.45, 7) is 0. The van der Waals surface area contributed by atoms with Gasteiger partial charge >= 0.3 is 5.97 Å². The van der Waals surface area contributed by atoms with E-state index in [4.69, 9.17) is 5.11 Å². The first-order valence-electron chi connectivity index (χ1n) is 5.14. The molecule has 0 aromatic heterocycles. The zero-order valence-electron chi connectivity index (χ0n) is 8.39. The van der Waals surface area contributed by atoms with Crippen molar-refractivity contribution in [2.24, 2.45) is 0 Å². The van der Waals surface area contributed by atoms with Crippen molar-refractivity contribution in [1.82, 2.24) is 0 Å². The number of benzene rings is 1. The molecule has 2 N–H and O–H groups in total. The van der Waals surface area contributed by atoms with Gasteiger partial charge in [-0.15, -0.1) is 0 Å². The monoisotopic (exact) mass is 206 g/mol. The molecule has 15 heavy (non-hydrogen) atoms. The number of rotatable bonds is 3. The average Bonchev–Trinajstić information content (AvgIpc) is 2.16. The van der Waals surface area contributed by atoms with Crippen LogP contribution in [0.4, 0.5) is 0 Å². The van der Waals surface area contributed by atoms with Crippen molar-refractivity contribution >= 4 is 5.97 Å². The predicted octanol–water partition coefficient (Wildman–Crippen LogP) is 1.77. The fraction of sp³-hybridized carbons (Fsp3) is 0.417. The highest BCUT2D eigenvalue weighted by Gasteiger charge is 2.46. The first-order valence-corrected chi connectivity index (χ1v) is 5.14. The van der Waals surface area contributed by atoms with Gasteiger partial charge in [0.15, 0.2) is 0 Å². The molecular weight excluding hydrogens is 192 g/mol. The van der Waals surface area contributed by atoms with E-state index in [0.29, 0.717) is 18.4 Å². The van der Waals surface area contributed by atoms with Crippen molar-refractivity contribution in [3.8, 4) is 0 Å². The number of carboxylic acids is 1. The van der Waals surface area contributed by atoms with Gasteiger partial charge < -0.3 is 10.2 Å². The maximum absolute atomic E-state index is 11.2. The minimum absolute atomic E-state index is 0.582. The molecule has 3 nitrogen and oxygen atoms in total. The molecule has 0 amide bonds. The lowest BCUT2D eigenvalue weighted by Crippen LogP contribution is -2.46. The minimum atomic E-state index is -1.03. The normalized spacial score (nSPS) is 20.3. The number of aliphatic carboxylic acids is 1. The Hall–Kier alpha value is -1.35. The zero-order valence-corrected chi connectivity index (χ0v) is 8.39. The summed E-state index contributed by atoms with van der Waals surface area (Å²) >= 11 is 0. The van der Waals surface area contributed by atoms with E-state index >= 15 is 0 Å². The third-order valence-corrected chi connectivity index (χ3v) is 3.14. The second kappa shape index (κ2) is 3.66. The van der Waals surface area contributed by atoms with E-state index in [1.807, 2.05) is 6.07 Å². The largest absolute Gasteiger partial charge is 0.481 e. The molecule has 2 rings (SSSR count). The summed E-state index contributed by atoms with van der Waals surface area (Å²) in [5.74, 6) is -1.73. The Morgan fingerprint density at radius 2 is 1.87 bits per heavy atom. The lowest BCUT2D eigenvalue weighted by Gasteiger charge is -2.41. The Balaban J connectivity index is 2.32. The van der Waals surface area contributed by atoms with E-state index in [-0.39, 0.29) is 0 Å². The number of carbonyl (C=O) groups is 1. The van der Waals surface area contributed by atoms with Crippen molar-refractivity contribution < 1.29 is 15.0 Å². The van der Waals surface area contributed by atoms with Crippen LogP contribution in [-0.2, 0) is 4.79 Å². The van der Waals surface area contributed by atoms with Crippen molar-refractivity contribution in [3.05, 3.63) is 35.9 Å². The molecule has 1 fully saturated rings. The van der Waals surface area contributed by atoms with E-state index < -0.39 is 17.5 Å². The van der Waals surface area contributed by atoms with E-state index in [0.717, 1.165) is 6.42 Å². The maximum Gasteiger partial charge on any atom is 0.313 e. The van der Waals surface area contributed by atoms with Gasteiger partial charge in [0, 0.05) is 0 Å². The van der Waals surface area contributed by atoms with Crippen LogP contribution in [0.5, 0.6) is 0 Å². The summed E-state index contributed by atoms with van der Waals surface area (Å²) in [6, 6.07) is 8.96. The summed E-state index contributed by atoms with van der Waals surface area (Å²) in [7, 11) is 0. The van der Waals surface area contributed by atoms with Gasteiger partial charge in [0.2, 0.25) is 0 Å². The van der Waals surface area contributed by atoms with Crippen LogP contribution in [0, 0.1) is 0 Å². The van der Waals surface area contributed by atoms with Gasteiger partial charge in [-0.3, -0.25) is 4.79 Å². The highest BCUT2D eigenvalue weighted by molar-refractivity contribution is 5.78. The van der Waals surface area contributed by atoms with Gasteiger partial charge in [-0.1, -0.05) is 30.3 Å². The third-order valence-electron chi connectivity index (χ3n) is 3.14. The van der Waals surface area contributed by atoms with Crippen molar-refractivity contribution in [2.45, 2.75) is 30.8 Å². The van der Waals surface area contributed by atoms with Gasteiger partial charge in [-0.25, -0.2) is 0 Å². The van der Waals surface area contributed by atoms with Crippen LogP contribution in [-0.4, -0.2) is 21.8 Å². The van der Waals surface area contributed by atoms with Crippen LogP contribution in [0.2, 0.25) is 0 Å². The SMILES string of the molecule is O=C(O)C(c1ccccc1)C1(O)CCC1. The fourth-order valence-electron chi connectivity index (χ4n) is 2.16. The van der Waals surface area contributed by atoms with Crippen LogP contribution in [0.25, 0.3) is 0 Å². The number of carboxylic acid groups (broad SMARTS) is 1. The fourth-order valence-corrected chi connectivity index (χ4v) is 2.16. The molecule has 1 aliphatic carbocycles. The molecule has 1 saturated carbocycles. The quantitative estimate of drug-likeness (QED) is 0.792. The molecule has 1 unspecified atom stereocenters. The number of aliphatic hydroxyl groups is 1. The highest BCUT2D eigenvalue weighted by atomic mass is 16.4. The molecule has 0 heterocycles. The smallest absolute Gasteiger partial charge is 0.313 e. The second-order valence-corrected chi connectivity index (χ2v) is 4.14. The summed E-state index contributed by atoms with van der Waals surface area (Å²) in [6.07, 6.45) is 2.07. The highest BCUT2D eigenvalue weighted by Crippen LogP contribution is 2.43. The van der Waals surface area contributed by atoms with Gasteiger partial charge in [0.1, 0.15) is 5.92 Å². The molecule has 80 valence electrons. The summed E-state index contributed by atoms with van der Waals surface area (Å²) in [4.78, 5) is 11.2. The molecule has 0 spiro atoms. The summed E-state index contributed by atoms with van der Waals surface area (Å²) in [5, 5.41) is 19.3. The molecule has 1 aromatic rings. The maximum atomic E-state index is 11.2. The first kappa shape index (κ1) is 10.2. The van der Waals surface area contributed by atoms with E-state index in [2.05, 4.69) is 0 Å². The Kier molecular flexibility index (Phi) is 2.49. The summed E-state index contributed by atoms with van der Waals surface area (Å²) in [5.41, 5.74) is -0.347.